The summed E-state index contributed by atoms with van der Waals surface area (Å²) in [6.07, 6.45) is 0.154. The number of benzene rings is 4. The molecule has 0 aliphatic heterocycles. The highest BCUT2D eigenvalue weighted by Gasteiger charge is 2.35. The zero-order valence-corrected chi connectivity index (χ0v) is 25.4. The van der Waals surface area contributed by atoms with E-state index in [4.69, 9.17) is 11.6 Å². The molecule has 1 atom stereocenters. The number of nitro benzene ring substituents is 1. The average Bonchev–Trinajstić information content (AvgIpc) is 3.02. The van der Waals surface area contributed by atoms with Gasteiger partial charge in [0.15, 0.2) is 0 Å². The molecule has 0 radical (unpaired) electrons. The lowest BCUT2D eigenvalue weighted by Gasteiger charge is -2.33. The zero-order chi connectivity index (χ0) is 31.7. The van der Waals surface area contributed by atoms with Crippen LogP contribution in [0.2, 0.25) is 5.02 Å². The third-order valence-electron chi connectivity index (χ3n) is 6.80. The summed E-state index contributed by atoms with van der Waals surface area (Å²) in [4.78, 5) is 40.0. The quantitative estimate of drug-likeness (QED) is 0.159. The molecule has 1 N–H and O–H groups in total. The number of carbonyl (C=O) groups is 2. The van der Waals surface area contributed by atoms with Crippen LogP contribution in [0.15, 0.2) is 114 Å². The molecule has 228 valence electrons. The molecule has 44 heavy (non-hydrogen) atoms. The maximum atomic E-state index is 14.3. The van der Waals surface area contributed by atoms with Crippen molar-refractivity contribution in [3.05, 3.63) is 135 Å². The zero-order valence-electron chi connectivity index (χ0n) is 23.9. The van der Waals surface area contributed by atoms with E-state index in [0.29, 0.717) is 17.1 Å². The molecule has 0 heterocycles. The molecule has 10 nitrogen and oxygen atoms in total. The number of nitrogens with one attached hydrogen (secondary N) is 1. The third kappa shape index (κ3) is 8.00. The van der Waals surface area contributed by atoms with Gasteiger partial charge < -0.3 is 10.2 Å². The normalized spacial score (nSPS) is 11.8. The van der Waals surface area contributed by atoms with Gasteiger partial charge in [0.1, 0.15) is 12.6 Å². The van der Waals surface area contributed by atoms with E-state index in [1.807, 2.05) is 30.3 Å². The summed E-state index contributed by atoms with van der Waals surface area (Å²) in [7, 11) is -4.38. The van der Waals surface area contributed by atoms with E-state index in [2.05, 4.69) is 5.32 Å². The fourth-order valence-electron chi connectivity index (χ4n) is 4.69. The van der Waals surface area contributed by atoms with Crippen LogP contribution in [-0.4, -0.2) is 49.2 Å². The molecule has 0 saturated heterocycles. The molecule has 0 saturated carbocycles. The van der Waals surface area contributed by atoms with Gasteiger partial charge in [0, 0.05) is 36.7 Å². The number of nitrogens with zero attached hydrogens (tertiary/aromatic N) is 3. The molecule has 4 aromatic rings. The lowest BCUT2D eigenvalue weighted by Crippen LogP contribution is -2.53. The van der Waals surface area contributed by atoms with E-state index >= 15 is 0 Å². The van der Waals surface area contributed by atoms with E-state index in [0.717, 1.165) is 15.9 Å². The third-order valence-corrected chi connectivity index (χ3v) is 8.83. The Kier molecular flexibility index (Phi) is 10.7. The van der Waals surface area contributed by atoms with Gasteiger partial charge in [-0.05, 0) is 48.4 Å². The van der Waals surface area contributed by atoms with E-state index < -0.39 is 39.3 Å². The lowest BCUT2D eigenvalue weighted by molar-refractivity contribution is -0.384. The number of nitro groups is 1. The molecule has 0 aliphatic rings. The Bertz CT molecular complexity index is 1720. The molecule has 0 aromatic heterocycles. The van der Waals surface area contributed by atoms with Crippen molar-refractivity contribution in [1.29, 1.82) is 0 Å². The number of hydrogen-bond acceptors (Lipinski definition) is 6. The van der Waals surface area contributed by atoms with Crippen LogP contribution in [0.25, 0.3) is 0 Å². The minimum absolute atomic E-state index is 0.0534. The van der Waals surface area contributed by atoms with Gasteiger partial charge in [0.05, 0.1) is 15.5 Å². The Hall–Kier alpha value is -4.74. The Morgan fingerprint density at radius 1 is 0.886 bits per heavy atom. The molecule has 0 aliphatic carbocycles. The molecule has 12 heteroatoms. The van der Waals surface area contributed by atoms with Crippen LogP contribution >= 0.6 is 11.6 Å². The first-order valence-electron chi connectivity index (χ1n) is 13.8. The number of sulfonamides is 1. The van der Waals surface area contributed by atoms with Gasteiger partial charge in [-0.1, -0.05) is 78.3 Å². The van der Waals surface area contributed by atoms with Gasteiger partial charge in [-0.25, -0.2) is 8.42 Å². The monoisotopic (exact) mass is 634 g/mol. The summed E-state index contributed by atoms with van der Waals surface area (Å²) < 4.78 is 28.8. The van der Waals surface area contributed by atoms with Gasteiger partial charge in [-0.15, -0.1) is 0 Å². The number of anilines is 1. The topological polar surface area (TPSA) is 130 Å². The molecule has 4 aromatic carbocycles. The van der Waals surface area contributed by atoms with Gasteiger partial charge in [0.25, 0.3) is 15.7 Å². The van der Waals surface area contributed by atoms with Crippen LogP contribution in [0.1, 0.15) is 18.1 Å². The molecule has 2 amide bonds. The predicted octanol–water partition coefficient (Wildman–Crippen LogP) is 5.22. The second-order valence-electron chi connectivity index (χ2n) is 9.85. The van der Waals surface area contributed by atoms with Crippen molar-refractivity contribution in [2.75, 3.05) is 17.4 Å². The highest BCUT2D eigenvalue weighted by atomic mass is 35.5. The van der Waals surface area contributed by atoms with Gasteiger partial charge in [-0.3, -0.25) is 24.0 Å². The van der Waals surface area contributed by atoms with Crippen molar-refractivity contribution in [2.45, 2.75) is 30.8 Å². The second-order valence-corrected chi connectivity index (χ2v) is 12.2. The van der Waals surface area contributed by atoms with E-state index in [-0.39, 0.29) is 29.2 Å². The van der Waals surface area contributed by atoms with Crippen molar-refractivity contribution in [3.63, 3.8) is 0 Å². The van der Waals surface area contributed by atoms with Gasteiger partial charge >= 0.3 is 0 Å². The molecular formula is C32H31ClN4O6S. The van der Waals surface area contributed by atoms with Crippen molar-refractivity contribution < 1.29 is 22.9 Å². The first-order chi connectivity index (χ1) is 21.1. The molecule has 0 unspecified atom stereocenters. The number of amides is 2. The van der Waals surface area contributed by atoms with Crippen LogP contribution in [0.3, 0.4) is 0 Å². The first kappa shape index (κ1) is 32.2. The maximum Gasteiger partial charge on any atom is 0.271 e. The molecule has 4 rings (SSSR count). The summed E-state index contributed by atoms with van der Waals surface area (Å²) in [5.41, 5.74) is 1.00. The van der Waals surface area contributed by atoms with Crippen molar-refractivity contribution >= 4 is 44.8 Å². The standard InChI is InChI=1S/C32H31ClN4O6S/c1-2-34-32(39)30(20-24-11-5-3-6-12-24)35(22-25-13-9-14-26(33)19-25)31(38)23-36(27-15-10-16-28(21-27)37(40)41)44(42,43)29-17-7-4-8-18-29/h3-19,21,30H,2,20,22-23H2,1H3,(H,34,39)/t30-/m1/s1. The summed E-state index contributed by atoms with van der Waals surface area (Å²) >= 11 is 6.24. The lowest BCUT2D eigenvalue weighted by atomic mass is 10.0. The second kappa shape index (κ2) is 14.6. The predicted molar refractivity (Wildman–Crippen MR) is 169 cm³/mol. The van der Waals surface area contributed by atoms with Crippen LogP contribution in [-0.2, 0) is 32.6 Å². The molecular weight excluding hydrogens is 604 g/mol. The number of non-ortho nitro benzene ring substituents is 1. The SMILES string of the molecule is CCNC(=O)[C@@H](Cc1ccccc1)N(Cc1cccc(Cl)c1)C(=O)CN(c1cccc([N+](=O)[O-])c1)S(=O)(=O)c1ccccc1. The fraction of sp³-hybridized carbons (Fsp3) is 0.188. The minimum atomic E-state index is -4.38. The van der Waals surface area contributed by atoms with Crippen LogP contribution in [0.5, 0.6) is 0 Å². The van der Waals surface area contributed by atoms with Crippen LogP contribution in [0.4, 0.5) is 11.4 Å². The Morgan fingerprint density at radius 2 is 1.52 bits per heavy atom. The highest BCUT2D eigenvalue weighted by Crippen LogP contribution is 2.28. The Balaban J connectivity index is 1.82. The molecule has 0 spiro atoms. The molecule has 0 fully saturated rings. The fourth-order valence-corrected chi connectivity index (χ4v) is 6.33. The highest BCUT2D eigenvalue weighted by molar-refractivity contribution is 7.92. The average molecular weight is 635 g/mol. The number of halogens is 1. The number of likely N-dealkylation sites (N-methyl/N-ethyl adjacent to an activating group) is 1. The van der Waals surface area contributed by atoms with E-state index in [1.54, 1.807) is 37.3 Å². The van der Waals surface area contributed by atoms with Crippen molar-refractivity contribution in [2.24, 2.45) is 0 Å². The summed E-state index contributed by atoms with van der Waals surface area (Å²) in [5.74, 6) is -1.11. The Labute approximate surface area is 261 Å². The van der Waals surface area contributed by atoms with E-state index in [1.165, 1.54) is 47.4 Å². The summed E-state index contributed by atoms with van der Waals surface area (Å²) in [6, 6.07) is 27.5. The van der Waals surface area contributed by atoms with Crippen LogP contribution in [0, 0.1) is 10.1 Å². The number of carbonyl (C=O) groups excluding carboxylic acids is 2. The summed E-state index contributed by atoms with van der Waals surface area (Å²) in [6.45, 7) is 1.29. The maximum absolute atomic E-state index is 14.3. The van der Waals surface area contributed by atoms with Gasteiger partial charge in [0.2, 0.25) is 11.8 Å². The smallest absolute Gasteiger partial charge is 0.271 e. The van der Waals surface area contributed by atoms with Crippen molar-refractivity contribution in [3.8, 4) is 0 Å². The minimum Gasteiger partial charge on any atom is -0.355 e. The van der Waals surface area contributed by atoms with Gasteiger partial charge in [-0.2, -0.15) is 0 Å². The Morgan fingerprint density at radius 3 is 2.16 bits per heavy atom. The van der Waals surface area contributed by atoms with E-state index in [9.17, 15) is 28.1 Å². The van der Waals surface area contributed by atoms with Crippen LogP contribution < -0.4 is 9.62 Å². The number of rotatable bonds is 13. The first-order valence-corrected chi connectivity index (χ1v) is 15.6. The summed E-state index contributed by atoms with van der Waals surface area (Å²) in [5, 5.41) is 14.8. The number of hydrogen-bond donors (Lipinski definition) is 1. The van der Waals surface area contributed by atoms with Crippen molar-refractivity contribution in [1.82, 2.24) is 10.2 Å². The molecule has 0 bridgehead atoms. The largest absolute Gasteiger partial charge is 0.355 e.